The Morgan fingerprint density at radius 1 is 1.13 bits per heavy atom. The molecule has 0 spiro atoms. The van der Waals surface area contributed by atoms with Gasteiger partial charge in [-0.25, -0.2) is 14.4 Å². The molecule has 0 radical (unpaired) electrons. The van der Waals surface area contributed by atoms with Crippen molar-refractivity contribution < 1.29 is 19.1 Å². The molecule has 0 aliphatic rings. The standard InChI is InChI=1S/C22H20ClFN4O3/c23-15-6-7-18(24)17(11-15)14-4-2-13(3-5-14)10-16(12-19(25)22(30)31)28-21(29)20-26-8-1-9-27-20/h1-9,11,16,19H,10,12,25H2,(H,28,29)(H,30,31)/t16-,19-/m1/s1. The van der Waals surface area contributed by atoms with Crippen molar-refractivity contribution in [1.82, 2.24) is 15.3 Å². The Morgan fingerprint density at radius 2 is 1.81 bits per heavy atom. The van der Waals surface area contributed by atoms with Crippen LogP contribution in [0.2, 0.25) is 5.02 Å². The van der Waals surface area contributed by atoms with E-state index in [-0.39, 0.29) is 12.2 Å². The summed E-state index contributed by atoms with van der Waals surface area (Å²) in [4.78, 5) is 31.4. The van der Waals surface area contributed by atoms with Crippen molar-refractivity contribution in [3.05, 3.63) is 83.2 Å². The molecule has 0 saturated heterocycles. The summed E-state index contributed by atoms with van der Waals surface area (Å²) in [5, 5.41) is 12.3. The molecule has 9 heteroatoms. The van der Waals surface area contributed by atoms with Gasteiger partial charge in [0.2, 0.25) is 5.82 Å². The lowest BCUT2D eigenvalue weighted by Crippen LogP contribution is -2.43. The van der Waals surface area contributed by atoms with E-state index in [0.717, 1.165) is 5.56 Å². The van der Waals surface area contributed by atoms with Crippen LogP contribution in [0.3, 0.4) is 0 Å². The first-order chi connectivity index (χ1) is 14.8. The van der Waals surface area contributed by atoms with Gasteiger partial charge in [0.05, 0.1) is 0 Å². The Labute approximate surface area is 183 Å². The number of nitrogens with zero attached hydrogens (tertiary/aromatic N) is 2. The Morgan fingerprint density at radius 3 is 2.45 bits per heavy atom. The van der Waals surface area contributed by atoms with Gasteiger partial charge in [0.15, 0.2) is 0 Å². The quantitative estimate of drug-likeness (QED) is 0.493. The average Bonchev–Trinajstić information content (AvgIpc) is 2.76. The number of carbonyl (C=O) groups is 2. The zero-order valence-corrected chi connectivity index (χ0v) is 17.1. The summed E-state index contributed by atoms with van der Waals surface area (Å²) in [5.41, 5.74) is 7.50. The van der Waals surface area contributed by atoms with Gasteiger partial charge < -0.3 is 16.2 Å². The monoisotopic (exact) mass is 442 g/mol. The summed E-state index contributed by atoms with van der Waals surface area (Å²) in [6.45, 7) is 0. The number of hydrogen-bond donors (Lipinski definition) is 3. The third-order valence-electron chi connectivity index (χ3n) is 4.64. The van der Waals surface area contributed by atoms with Gasteiger partial charge in [-0.3, -0.25) is 9.59 Å². The summed E-state index contributed by atoms with van der Waals surface area (Å²) in [6.07, 6.45) is 3.21. The Bertz CT molecular complexity index is 1060. The number of rotatable bonds is 8. The Balaban J connectivity index is 1.77. The van der Waals surface area contributed by atoms with Gasteiger partial charge in [-0.05, 0) is 48.2 Å². The highest BCUT2D eigenvalue weighted by atomic mass is 35.5. The van der Waals surface area contributed by atoms with Gasteiger partial charge in [0, 0.05) is 29.0 Å². The van der Waals surface area contributed by atoms with E-state index >= 15 is 0 Å². The molecule has 3 aromatic rings. The maximum absolute atomic E-state index is 14.1. The molecule has 1 aromatic heterocycles. The van der Waals surface area contributed by atoms with Crippen LogP contribution in [0.5, 0.6) is 0 Å². The molecule has 0 aliphatic heterocycles. The van der Waals surface area contributed by atoms with Crippen LogP contribution in [-0.2, 0) is 11.2 Å². The van der Waals surface area contributed by atoms with Gasteiger partial charge in [-0.2, -0.15) is 0 Å². The number of aliphatic carboxylic acids is 1. The number of amides is 1. The van der Waals surface area contributed by atoms with Gasteiger partial charge in [0.1, 0.15) is 11.9 Å². The number of carboxylic acids is 1. The molecule has 1 heterocycles. The summed E-state index contributed by atoms with van der Waals surface area (Å²) in [7, 11) is 0. The Hall–Kier alpha value is -3.36. The second-order valence-electron chi connectivity index (χ2n) is 6.95. The van der Waals surface area contributed by atoms with Crippen LogP contribution < -0.4 is 11.1 Å². The maximum atomic E-state index is 14.1. The molecule has 0 unspecified atom stereocenters. The van der Waals surface area contributed by atoms with E-state index < -0.39 is 29.8 Å². The molecule has 31 heavy (non-hydrogen) atoms. The zero-order chi connectivity index (χ0) is 22.4. The van der Waals surface area contributed by atoms with Gasteiger partial charge in [-0.1, -0.05) is 35.9 Å². The number of nitrogens with one attached hydrogen (secondary N) is 1. The first kappa shape index (κ1) is 22.3. The fourth-order valence-electron chi connectivity index (χ4n) is 3.09. The zero-order valence-electron chi connectivity index (χ0n) is 16.3. The highest BCUT2D eigenvalue weighted by Gasteiger charge is 2.22. The molecule has 2 aromatic carbocycles. The number of aromatic nitrogens is 2. The highest BCUT2D eigenvalue weighted by molar-refractivity contribution is 6.30. The lowest BCUT2D eigenvalue weighted by Gasteiger charge is -2.20. The van der Waals surface area contributed by atoms with Crippen molar-refractivity contribution in [1.29, 1.82) is 0 Å². The smallest absolute Gasteiger partial charge is 0.320 e. The molecule has 0 fully saturated rings. The second kappa shape index (κ2) is 10.1. The number of hydrogen-bond acceptors (Lipinski definition) is 5. The first-order valence-corrected chi connectivity index (χ1v) is 9.82. The molecule has 1 amide bonds. The lowest BCUT2D eigenvalue weighted by molar-refractivity contribution is -0.138. The SMILES string of the molecule is N[C@H](C[C@@H](Cc1ccc(-c2cc(Cl)ccc2F)cc1)NC(=O)c1ncccn1)C(=O)O. The molecule has 0 aliphatic carbocycles. The minimum absolute atomic E-state index is 0.0125. The highest BCUT2D eigenvalue weighted by Crippen LogP contribution is 2.26. The van der Waals surface area contributed by atoms with E-state index in [2.05, 4.69) is 15.3 Å². The number of halogens is 2. The van der Waals surface area contributed by atoms with Crippen molar-refractivity contribution in [2.45, 2.75) is 24.9 Å². The summed E-state index contributed by atoms with van der Waals surface area (Å²) in [6, 6.07) is 11.2. The van der Waals surface area contributed by atoms with E-state index in [1.807, 2.05) is 0 Å². The third kappa shape index (κ3) is 6.07. The van der Waals surface area contributed by atoms with Crippen molar-refractivity contribution in [3.8, 4) is 11.1 Å². The average molecular weight is 443 g/mol. The molecular formula is C22H20ClFN4O3. The molecule has 2 atom stereocenters. The molecule has 0 bridgehead atoms. The van der Waals surface area contributed by atoms with Crippen LogP contribution >= 0.6 is 11.6 Å². The largest absolute Gasteiger partial charge is 0.480 e. The number of carboxylic acid groups (broad SMARTS) is 1. The fourth-order valence-corrected chi connectivity index (χ4v) is 3.26. The molecule has 0 saturated carbocycles. The summed E-state index contributed by atoms with van der Waals surface area (Å²) < 4.78 is 14.1. The van der Waals surface area contributed by atoms with Crippen LogP contribution in [0.15, 0.2) is 60.9 Å². The van der Waals surface area contributed by atoms with E-state index in [9.17, 15) is 14.0 Å². The van der Waals surface area contributed by atoms with Crippen LogP contribution in [0.1, 0.15) is 22.6 Å². The number of carbonyl (C=O) groups excluding carboxylic acids is 1. The van der Waals surface area contributed by atoms with E-state index in [1.165, 1.54) is 24.5 Å². The molecule has 3 rings (SSSR count). The molecule has 4 N–H and O–H groups in total. The van der Waals surface area contributed by atoms with Crippen LogP contribution in [0.4, 0.5) is 4.39 Å². The van der Waals surface area contributed by atoms with E-state index in [1.54, 1.807) is 36.4 Å². The molecular weight excluding hydrogens is 423 g/mol. The predicted molar refractivity (Wildman–Crippen MR) is 114 cm³/mol. The van der Waals surface area contributed by atoms with Crippen LogP contribution in [-0.4, -0.2) is 39.0 Å². The van der Waals surface area contributed by atoms with Gasteiger partial charge in [-0.15, -0.1) is 0 Å². The van der Waals surface area contributed by atoms with E-state index in [4.69, 9.17) is 22.4 Å². The molecule has 7 nitrogen and oxygen atoms in total. The van der Waals surface area contributed by atoms with Crippen molar-refractivity contribution in [3.63, 3.8) is 0 Å². The molecule has 160 valence electrons. The topological polar surface area (TPSA) is 118 Å². The van der Waals surface area contributed by atoms with Gasteiger partial charge >= 0.3 is 5.97 Å². The number of nitrogens with two attached hydrogens (primary N) is 1. The van der Waals surface area contributed by atoms with Crippen LogP contribution in [0, 0.1) is 5.82 Å². The van der Waals surface area contributed by atoms with Crippen molar-refractivity contribution in [2.24, 2.45) is 5.73 Å². The normalized spacial score (nSPS) is 12.7. The summed E-state index contributed by atoms with van der Waals surface area (Å²) in [5.74, 6) is -2.11. The predicted octanol–water partition coefficient (Wildman–Crippen LogP) is 3.08. The second-order valence-corrected chi connectivity index (χ2v) is 7.38. The minimum Gasteiger partial charge on any atom is -0.480 e. The van der Waals surface area contributed by atoms with Gasteiger partial charge in [0.25, 0.3) is 5.91 Å². The van der Waals surface area contributed by atoms with Crippen molar-refractivity contribution >= 4 is 23.5 Å². The van der Waals surface area contributed by atoms with Crippen molar-refractivity contribution in [2.75, 3.05) is 0 Å². The summed E-state index contributed by atoms with van der Waals surface area (Å²) >= 11 is 5.96. The fraction of sp³-hybridized carbons (Fsp3) is 0.182. The third-order valence-corrected chi connectivity index (χ3v) is 4.87. The maximum Gasteiger partial charge on any atom is 0.320 e. The van der Waals surface area contributed by atoms with E-state index in [0.29, 0.717) is 22.6 Å². The minimum atomic E-state index is -1.16. The lowest BCUT2D eigenvalue weighted by atomic mass is 9.97. The Kier molecular flexibility index (Phi) is 7.28. The van der Waals surface area contributed by atoms with Crippen LogP contribution in [0.25, 0.3) is 11.1 Å². The first-order valence-electron chi connectivity index (χ1n) is 9.44. The number of benzene rings is 2.